The van der Waals surface area contributed by atoms with Crippen LogP contribution in [0.4, 0.5) is 5.13 Å². The van der Waals surface area contributed by atoms with Gasteiger partial charge in [-0.2, -0.15) is 5.26 Å². The Morgan fingerprint density at radius 1 is 1.29 bits per heavy atom. The summed E-state index contributed by atoms with van der Waals surface area (Å²) in [6.07, 6.45) is 4.82. The van der Waals surface area contributed by atoms with Gasteiger partial charge in [-0.15, -0.1) is 0 Å². The van der Waals surface area contributed by atoms with Gasteiger partial charge in [0.15, 0.2) is 11.4 Å². The number of hydrogen-bond acceptors (Lipinski definition) is 8. The normalized spacial score (nSPS) is 20.3. The molecule has 2 aliphatic heterocycles. The number of nitriles is 1. The second kappa shape index (κ2) is 9.26. The second-order valence-corrected chi connectivity index (χ2v) is 7.77. The Labute approximate surface area is 168 Å². The number of hydrogen-bond donors (Lipinski definition) is 1. The molecule has 0 aliphatic carbocycles. The second-order valence-electron chi connectivity index (χ2n) is 6.76. The monoisotopic (exact) mass is 396 g/mol. The average molecular weight is 397 g/mol. The van der Waals surface area contributed by atoms with Gasteiger partial charge in [-0.25, -0.2) is 4.98 Å². The van der Waals surface area contributed by atoms with Crippen molar-refractivity contribution < 1.29 is 4.74 Å². The molecule has 1 aromatic heterocycles. The average Bonchev–Trinajstić information content (AvgIpc) is 3.16. The zero-order valence-corrected chi connectivity index (χ0v) is 16.6. The lowest BCUT2D eigenvalue weighted by molar-refractivity contribution is 0.0374. The molecule has 4 rings (SSSR count). The number of benzene rings is 1. The predicted molar refractivity (Wildman–Crippen MR) is 113 cm³/mol. The number of anilines is 1. The molecule has 0 bridgehead atoms. The molecule has 2 aromatic rings. The van der Waals surface area contributed by atoms with Crippen LogP contribution in [-0.2, 0) is 4.74 Å². The summed E-state index contributed by atoms with van der Waals surface area (Å²) in [7, 11) is 0. The molecule has 1 atom stereocenters. The molecule has 0 radical (unpaired) electrons. The number of morpholine rings is 1. The van der Waals surface area contributed by atoms with Crippen LogP contribution in [0.3, 0.4) is 0 Å². The maximum Gasteiger partial charge on any atom is 0.193 e. The molecule has 2 aliphatic rings. The minimum atomic E-state index is -0.237. The number of para-hydroxylation sites is 1. The zero-order valence-electron chi connectivity index (χ0n) is 15.8. The number of allylic oxidation sites excluding steroid dienone is 2. The molecular formula is C20H24N6OS. The van der Waals surface area contributed by atoms with Crippen LogP contribution in [0.25, 0.3) is 10.2 Å². The Morgan fingerprint density at radius 2 is 2.14 bits per heavy atom. The molecule has 0 spiro atoms. The molecule has 28 heavy (non-hydrogen) atoms. The minimum Gasteiger partial charge on any atom is -0.379 e. The van der Waals surface area contributed by atoms with Crippen LogP contribution in [0.1, 0.15) is 12.8 Å². The number of nitrogens with one attached hydrogen (secondary N) is 1. The molecule has 1 unspecified atom stereocenters. The van der Waals surface area contributed by atoms with Gasteiger partial charge in [0.1, 0.15) is 0 Å². The van der Waals surface area contributed by atoms with Gasteiger partial charge in [0.25, 0.3) is 0 Å². The van der Waals surface area contributed by atoms with Crippen molar-refractivity contribution in [3.05, 3.63) is 36.0 Å². The van der Waals surface area contributed by atoms with Gasteiger partial charge in [-0.05, 0) is 31.2 Å². The summed E-state index contributed by atoms with van der Waals surface area (Å²) in [5.74, 6) is 0. The molecule has 8 heteroatoms. The van der Waals surface area contributed by atoms with Crippen molar-refractivity contribution in [2.75, 3.05) is 44.3 Å². The molecule has 0 amide bonds. The van der Waals surface area contributed by atoms with Crippen molar-refractivity contribution in [3.8, 4) is 6.07 Å². The number of aliphatic imine (C=N–C) groups is 1. The smallest absolute Gasteiger partial charge is 0.193 e. The molecular weight excluding hydrogens is 372 g/mol. The van der Waals surface area contributed by atoms with Gasteiger partial charge in [-0.1, -0.05) is 23.5 Å². The maximum atomic E-state index is 9.25. The van der Waals surface area contributed by atoms with Crippen LogP contribution in [0.2, 0.25) is 0 Å². The predicted octanol–water partition coefficient (Wildman–Crippen LogP) is 2.58. The van der Waals surface area contributed by atoms with Crippen molar-refractivity contribution in [1.82, 2.24) is 15.2 Å². The third-order valence-corrected chi connectivity index (χ3v) is 5.91. The number of fused-ring (bicyclic) bond motifs is 1. The third kappa shape index (κ3) is 4.39. The van der Waals surface area contributed by atoms with E-state index in [1.165, 1.54) is 0 Å². The van der Waals surface area contributed by atoms with E-state index in [4.69, 9.17) is 9.72 Å². The number of rotatable bonds is 7. The minimum absolute atomic E-state index is 0.237. The summed E-state index contributed by atoms with van der Waals surface area (Å²) in [6, 6.07) is 10.4. The highest BCUT2D eigenvalue weighted by molar-refractivity contribution is 7.22. The number of nitrogens with zero attached hydrogens (tertiary/aromatic N) is 5. The first kappa shape index (κ1) is 19.0. The van der Waals surface area contributed by atoms with E-state index < -0.39 is 0 Å². The number of aromatic nitrogens is 1. The lowest BCUT2D eigenvalue weighted by atomic mass is 10.2. The van der Waals surface area contributed by atoms with Crippen LogP contribution in [0.5, 0.6) is 0 Å². The highest BCUT2D eigenvalue weighted by Gasteiger charge is 2.26. The molecule has 1 aromatic carbocycles. The summed E-state index contributed by atoms with van der Waals surface area (Å²) in [5, 5.41) is 13.6. The lowest BCUT2D eigenvalue weighted by Gasteiger charge is -2.33. The number of ether oxygens (including phenoxy) is 1. The van der Waals surface area contributed by atoms with Crippen molar-refractivity contribution in [2.45, 2.75) is 19.1 Å². The van der Waals surface area contributed by atoms with Crippen molar-refractivity contribution in [2.24, 2.45) is 4.99 Å². The van der Waals surface area contributed by atoms with Gasteiger partial charge >= 0.3 is 0 Å². The first-order valence-corrected chi connectivity index (χ1v) is 10.4. The Morgan fingerprint density at radius 3 is 2.96 bits per heavy atom. The van der Waals surface area contributed by atoms with Gasteiger partial charge in [-0.3, -0.25) is 20.1 Å². The summed E-state index contributed by atoms with van der Waals surface area (Å²) in [5.41, 5.74) is 1.89. The Kier molecular flexibility index (Phi) is 6.29. The van der Waals surface area contributed by atoms with Crippen LogP contribution < -0.4 is 10.2 Å². The first-order valence-electron chi connectivity index (χ1n) is 9.63. The van der Waals surface area contributed by atoms with Gasteiger partial charge in [0.05, 0.1) is 35.9 Å². The van der Waals surface area contributed by atoms with E-state index >= 15 is 0 Å². The summed E-state index contributed by atoms with van der Waals surface area (Å²) in [6.45, 7) is 5.57. The Balaban J connectivity index is 1.44. The molecule has 1 fully saturated rings. The van der Waals surface area contributed by atoms with Crippen LogP contribution in [-0.4, -0.2) is 61.8 Å². The van der Waals surface area contributed by atoms with Gasteiger partial charge in [0, 0.05) is 31.5 Å². The fourth-order valence-corrected chi connectivity index (χ4v) is 4.45. The van der Waals surface area contributed by atoms with E-state index in [2.05, 4.69) is 32.2 Å². The fourth-order valence-electron chi connectivity index (χ4n) is 3.43. The fraction of sp³-hybridized carbons (Fsp3) is 0.450. The lowest BCUT2D eigenvalue weighted by Crippen LogP contribution is -2.46. The van der Waals surface area contributed by atoms with Gasteiger partial charge in [0.2, 0.25) is 0 Å². The van der Waals surface area contributed by atoms with E-state index in [1.54, 1.807) is 17.6 Å². The van der Waals surface area contributed by atoms with E-state index in [-0.39, 0.29) is 6.29 Å². The van der Waals surface area contributed by atoms with Crippen LogP contribution >= 0.6 is 11.3 Å². The number of thiazole rings is 1. The van der Waals surface area contributed by atoms with Crippen molar-refractivity contribution in [3.63, 3.8) is 0 Å². The third-order valence-electron chi connectivity index (χ3n) is 4.88. The van der Waals surface area contributed by atoms with Crippen LogP contribution in [0, 0.1) is 11.3 Å². The van der Waals surface area contributed by atoms with E-state index in [1.807, 2.05) is 24.3 Å². The van der Waals surface area contributed by atoms with Crippen LogP contribution in [0.15, 0.2) is 41.0 Å². The largest absolute Gasteiger partial charge is 0.379 e. The van der Waals surface area contributed by atoms with E-state index in [0.29, 0.717) is 6.42 Å². The molecule has 7 nitrogen and oxygen atoms in total. The SMILES string of the molecule is N#CCC1=CC=NC(NCCCN2CCOCC2)N1c1nc2ccccc2s1. The summed E-state index contributed by atoms with van der Waals surface area (Å²) < 4.78 is 6.54. The highest BCUT2D eigenvalue weighted by Crippen LogP contribution is 2.33. The highest BCUT2D eigenvalue weighted by atomic mass is 32.1. The molecule has 0 saturated carbocycles. The van der Waals surface area contributed by atoms with Crippen molar-refractivity contribution >= 4 is 32.9 Å². The van der Waals surface area contributed by atoms with E-state index in [0.717, 1.165) is 66.9 Å². The molecule has 1 saturated heterocycles. The molecule has 3 heterocycles. The zero-order chi connectivity index (χ0) is 19.2. The standard InChI is InChI=1S/C20H24N6OS/c21-8-6-16-7-10-23-19(22-9-3-11-25-12-14-27-15-13-25)26(16)20-24-17-4-1-2-5-18(17)28-20/h1-2,4-5,7,10,19,22H,3,6,9,11-15H2. The first-order chi connectivity index (χ1) is 13.8. The molecule has 146 valence electrons. The summed E-state index contributed by atoms with van der Waals surface area (Å²) >= 11 is 1.63. The maximum absolute atomic E-state index is 9.25. The quantitative estimate of drug-likeness (QED) is 0.725. The van der Waals surface area contributed by atoms with E-state index in [9.17, 15) is 5.26 Å². The summed E-state index contributed by atoms with van der Waals surface area (Å²) in [4.78, 5) is 13.9. The Bertz CT molecular complexity index is 862. The molecule has 1 N–H and O–H groups in total. The van der Waals surface area contributed by atoms with Gasteiger partial charge < -0.3 is 4.74 Å². The van der Waals surface area contributed by atoms with Crippen molar-refractivity contribution in [1.29, 1.82) is 5.26 Å². The topological polar surface area (TPSA) is 76.8 Å². The Hall–Kier alpha value is -2.31.